The topological polar surface area (TPSA) is 67.9 Å². The number of ether oxygens (including phenoxy) is 2. The van der Waals surface area contributed by atoms with Crippen LogP contribution in [-0.4, -0.2) is 56.2 Å². The van der Waals surface area contributed by atoms with Crippen LogP contribution in [0.4, 0.5) is 0 Å². The van der Waals surface area contributed by atoms with Crippen molar-refractivity contribution in [3.05, 3.63) is 47.0 Å². The average Bonchev–Trinajstić information content (AvgIpc) is 2.97. The minimum Gasteiger partial charge on any atom is -0.382 e. The zero-order valence-electron chi connectivity index (χ0n) is 19.4. The molecule has 1 spiro atoms. The first-order valence-corrected chi connectivity index (χ1v) is 11.2. The van der Waals surface area contributed by atoms with E-state index in [1.165, 1.54) is 5.56 Å². The first-order valence-electron chi connectivity index (χ1n) is 11.2. The van der Waals surface area contributed by atoms with E-state index in [-0.39, 0.29) is 35.3 Å². The lowest BCUT2D eigenvalue weighted by Gasteiger charge is -2.44. The van der Waals surface area contributed by atoms with Gasteiger partial charge in [0.05, 0.1) is 25.4 Å². The molecule has 2 atom stereocenters. The number of hydrogen-bond acceptors (Lipinski definition) is 4. The molecule has 6 heteroatoms. The van der Waals surface area contributed by atoms with Gasteiger partial charge < -0.3 is 19.7 Å². The Kier molecular flexibility index (Phi) is 7.55. The van der Waals surface area contributed by atoms with E-state index in [9.17, 15) is 9.59 Å². The van der Waals surface area contributed by atoms with Gasteiger partial charge in [0.2, 0.25) is 11.8 Å². The summed E-state index contributed by atoms with van der Waals surface area (Å²) in [6.45, 7) is 10.00. The number of hydrogen-bond donors (Lipinski definition) is 1. The van der Waals surface area contributed by atoms with Crippen LogP contribution in [0.2, 0.25) is 0 Å². The number of allylic oxidation sites excluding steroid dienone is 1. The van der Waals surface area contributed by atoms with Gasteiger partial charge in [-0.15, -0.1) is 0 Å². The predicted octanol–water partition coefficient (Wildman–Crippen LogP) is 3.37. The molecular formula is C25H36N2O4. The predicted molar refractivity (Wildman–Crippen MR) is 121 cm³/mol. The summed E-state index contributed by atoms with van der Waals surface area (Å²) in [5.74, 6) is -0.0112. The maximum Gasteiger partial charge on any atom is 0.246 e. The van der Waals surface area contributed by atoms with Crippen LogP contribution in [0.15, 0.2) is 35.9 Å². The smallest absolute Gasteiger partial charge is 0.246 e. The Morgan fingerprint density at radius 1 is 1.19 bits per heavy atom. The number of nitrogens with one attached hydrogen (secondary N) is 1. The fraction of sp³-hybridized carbons (Fsp3) is 0.600. The van der Waals surface area contributed by atoms with Crippen molar-refractivity contribution < 1.29 is 19.1 Å². The molecule has 0 radical (unpaired) electrons. The molecule has 6 nitrogen and oxygen atoms in total. The van der Waals surface area contributed by atoms with Crippen LogP contribution in [0.1, 0.15) is 57.7 Å². The van der Waals surface area contributed by atoms with Crippen LogP contribution in [0.5, 0.6) is 0 Å². The maximum atomic E-state index is 12.6. The highest BCUT2D eigenvalue weighted by Crippen LogP contribution is 2.52. The molecule has 2 amide bonds. The van der Waals surface area contributed by atoms with E-state index in [1.54, 1.807) is 13.2 Å². The molecule has 2 aliphatic rings. The second kappa shape index (κ2) is 9.96. The molecule has 31 heavy (non-hydrogen) atoms. The Labute approximate surface area is 186 Å². The lowest BCUT2D eigenvalue weighted by atomic mass is 9.71. The largest absolute Gasteiger partial charge is 0.382 e. The van der Waals surface area contributed by atoms with Gasteiger partial charge in [0.15, 0.2) is 0 Å². The lowest BCUT2D eigenvalue weighted by Crippen LogP contribution is -2.52. The SMILES string of the molecule is COCCO[C@H]1[C@H](NC(=O)C(C)C)c2ccccc2C12CCN(C(=O)C=C(C)C)CC2. The van der Waals surface area contributed by atoms with Crippen molar-refractivity contribution in [3.63, 3.8) is 0 Å². The summed E-state index contributed by atoms with van der Waals surface area (Å²) >= 11 is 0. The standard InChI is InChI=1S/C25H36N2O4/c1-17(2)16-21(28)27-12-10-25(11-13-27)20-9-7-6-8-19(20)22(26-24(29)18(3)4)23(25)31-15-14-30-5/h6-9,16,18,22-23H,10-15H2,1-5H3,(H,26,29)/t22-,23+/m1/s1. The van der Waals surface area contributed by atoms with Crippen LogP contribution < -0.4 is 5.32 Å². The zero-order chi connectivity index (χ0) is 22.6. The summed E-state index contributed by atoms with van der Waals surface area (Å²) in [5.41, 5.74) is 3.14. The first kappa shape index (κ1) is 23.5. The molecule has 0 saturated carbocycles. The number of carbonyl (C=O) groups excluding carboxylic acids is 2. The fourth-order valence-electron chi connectivity index (χ4n) is 4.86. The quantitative estimate of drug-likeness (QED) is 0.534. The Bertz CT molecular complexity index is 821. The van der Waals surface area contributed by atoms with Crippen molar-refractivity contribution in [1.29, 1.82) is 0 Å². The average molecular weight is 429 g/mol. The third-order valence-electron chi connectivity index (χ3n) is 6.47. The Morgan fingerprint density at radius 2 is 1.87 bits per heavy atom. The third-order valence-corrected chi connectivity index (χ3v) is 6.47. The highest BCUT2D eigenvalue weighted by Gasteiger charge is 2.54. The molecule has 170 valence electrons. The Hall–Kier alpha value is -2.18. The number of nitrogens with zero attached hydrogens (tertiary/aromatic N) is 1. The minimum absolute atomic E-state index is 0.0216. The third kappa shape index (κ3) is 4.85. The van der Waals surface area contributed by atoms with Crippen LogP contribution in [0, 0.1) is 5.92 Å². The van der Waals surface area contributed by atoms with E-state index in [1.807, 2.05) is 38.7 Å². The second-order valence-electron chi connectivity index (χ2n) is 9.22. The van der Waals surface area contributed by atoms with Crippen molar-refractivity contribution in [2.75, 3.05) is 33.4 Å². The van der Waals surface area contributed by atoms with Crippen LogP contribution in [0.3, 0.4) is 0 Å². The summed E-state index contributed by atoms with van der Waals surface area (Å²) in [6, 6.07) is 8.13. The number of carbonyl (C=O) groups is 2. The number of benzene rings is 1. The van der Waals surface area contributed by atoms with Crippen molar-refractivity contribution >= 4 is 11.8 Å². The lowest BCUT2D eigenvalue weighted by molar-refractivity contribution is -0.130. The number of fused-ring (bicyclic) bond motifs is 2. The molecule has 1 aromatic carbocycles. The zero-order valence-corrected chi connectivity index (χ0v) is 19.4. The van der Waals surface area contributed by atoms with Crippen molar-refractivity contribution in [1.82, 2.24) is 10.2 Å². The number of likely N-dealkylation sites (tertiary alicyclic amines) is 1. The molecule has 1 fully saturated rings. The summed E-state index contributed by atoms with van der Waals surface area (Å²) in [7, 11) is 1.66. The van der Waals surface area contributed by atoms with Crippen molar-refractivity contribution in [3.8, 4) is 0 Å². The van der Waals surface area contributed by atoms with E-state index in [4.69, 9.17) is 9.47 Å². The maximum absolute atomic E-state index is 12.6. The molecule has 0 unspecified atom stereocenters. The molecule has 1 saturated heterocycles. The number of piperidine rings is 1. The van der Waals surface area contributed by atoms with Gasteiger partial charge in [0, 0.05) is 37.6 Å². The van der Waals surface area contributed by atoms with Gasteiger partial charge in [-0.05, 0) is 37.8 Å². The van der Waals surface area contributed by atoms with E-state index in [0.717, 1.165) is 24.0 Å². The number of rotatable bonds is 7. The Balaban J connectivity index is 1.92. The van der Waals surface area contributed by atoms with E-state index >= 15 is 0 Å². The summed E-state index contributed by atoms with van der Waals surface area (Å²) in [6.07, 6.45) is 3.12. The summed E-state index contributed by atoms with van der Waals surface area (Å²) < 4.78 is 11.6. The molecule has 1 heterocycles. The van der Waals surface area contributed by atoms with Gasteiger partial charge in [-0.2, -0.15) is 0 Å². The molecule has 1 aliphatic heterocycles. The molecule has 0 bridgehead atoms. The molecule has 1 aromatic rings. The molecule has 1 N–H and O–H groups in total. The molecule has 1 aliphatic carbocycles. The van der Waals surface area contributed by atoms with Gasteiger partial charge in [0.1, 0.15) is 0 Å². The minimum atomic E-state index is -0.235. The number of amides is 2. The molecule has 0 aromatic heterocycles. The van der Waals surface area contributed by atoms with E-state index in [2.05, 4.69) is 23.5 Å². The Morgan fingerprint density at radius 3 is 2.48 bits per heavy atom. The van der Waals surface area contributed by atoms with Crippen LogP contribution >= 0.6 is 0 Å². The van der Waals surface area contributed by atoms with Crippen molar-refractivity contribution in [2.45, 2.75) is 58.1 Å². The summed E-state index contributed by atoms with van der Waals surface area (Å²) in [4.78, 5) is 27.2. The highest BCUT2D eigenvalue weighted by atomic mass is 16.5. The van der Waals surface area contributed by atoms with Gasteiger partial charge in [0.25, 0.3) is 0 Å². The molecular weight excluding hydrogens is 392 g/mol. The van der Waals surface area contributed by atoms with Crippen molar-refractivity contribution in [2.24, 2.45) is 5.92 Å². The van der Waals surface area contributed by atoms with Gasteiger partial charge in [-0.3, -0.25) is 9.59 Å². The monoisotopic (exact) mass is 428 g/mol. The first-order chi connectivity index (χ1) is 14.8. The van der Waals surface area contributed by atoms with Crippen LogP contribution in [0.25, 0.3) is 0 Å². The van der Waals surface area contributed by atoms with E-state index in [0.29, 0.717) is 26.3 Å². The highest BCUT2D eigenvalue weighted by molar-refractivity contribution is 5.88. The van der Waals surface area contributed by atoms with E-state index < -0.39 is 0 Å². The van der Waals surface area contributed by atoms with Crippen LogP contribution in [-0.2, 0) is 24.5 Å². The normalized spacial score (nSPS) is 21.8. The van der Waals surface area contributed by atoms with Gasteiger partial charge in [-0.25, -0.2) is 0 Å². The van der Waals surface area contributed by atoms with Gasteiger partial charge >= 0.3 is 0 Å². The number of methoxy groups -OCH3 is 1. The fourth-order valence-corrected chi connectivity index (χ4v) is 4.86. The van der Waals surface area contributed by atoms with Gasteiger partial charge in [-0.1, -0.05) is 43.7 Å². The molecule has 3 rings (SSSR count). The summed E-state index contributed by atoms with van der Waals surface area (Å²) in [5, 5.41) is 3.25. The second-order valence-corrected chi connectivity index (χ2v) is 9.22.